The molecule has 1 aromatic heterocycles. The number of rotatable bonds is 5. The molecule has 1 heterocycles. The van der Waals surface area contributed by atoms with Gasteiger partial charge in [0, 0.05) is 15.5 Å². The molecule has 2 aromatic rings. The highest BCUT2D eigenvalue weighted by Gasteiger charge is 2.21. The lowest BCUT2D eigenvalue weighted by Gasteiger charge is -2.16. The molecule has 0 unspecified atom stereocenters. The lowest BCUT2D eigenvalue weighted by atomic mass is 9.90. The minimum Gasteiger partial charge on any atom is -0.451 e. The van der Waals surface area contributed by atoms with Crippen LogP contribution < -0.4 is 5.32 Å². The number of aryl methyl sites for hydroxylation is 1. The van der Waals surface area contributed by atoms with Gasteiger partial charge in [0.25, 0.3) is 5.91 Å². The Morgan fingerprint density at radius 3 is 3.00 bits per heavy atom. The van der Waals surface area contributed by atoms with Crippen LogP contribution in [0.2, 0.25) is 0 Å². The van der Waals surface area contributed by atoms with Gasteiger partial charge in [0.15, 0.2) is 6.61 Å². The first-order valence-corrected chi connectivity index (χ1v) is 10.3. The predicted octanol–water partition coefficient (Wildman–Crippen LogP) is 4.39. The van der Waals surface area contributed by atoms with Crippen molar-refractivity contribution in [3.8, 4) is 0 Å². The molecular weight excluding hydrogens is 354 g/mol. The summed E-state index contributed by atoms with van der Waals surface area (Å²) in [6, 6.07) is 9.48. The number of esters is 1. The van der Waals surface area contributed by atoms with Crippen LogP contribution in [-0.2, 0) is 22.4 Å². The highest BCUT2D eigenvalue weighted by atomic mass is 32.2. The molecule has 1 aromatic carbocycles. The molecule has 1 N–H and O–H groups in total. The molecule has 1 aliphatic carbocycles. The van der Waals surface area contributed by atoms with E-state index in [2.05, 4.69) is 12.2 Å². The van der Waals surface area contributed by atoms with E-state index < -0.39 is 5.97 Å². The summed E-state index contributed by atoms with van der Waals surface area (Å²) in [6.45, 7) is 1.95. The summed E-state index contributed by atoms with van der Waals surface area (Å²) in [5.41, 5.74) is 1.96. The van der Waals surface area contributed by atoms with E-state index in [9.17, 15) is 9.59 Å². The van der Waals surface area contributed by atoms with Crippen LogP contribution in [0.5, 0.6) is 0 Å². The number of carbonyl (C=O) groups excluding carboxylic acids is 2. The van der Waals surface area contributed by atoms with Crippen molar-refractivity contribution in [2.75, 3.05) is 18.2 Å². The molecule has 25 heavy (non-hydrogen) atoms. The van der Waals surface area contributed by atoms with Gasteiger partial charge >= 0.3 is 5.97 Å². The van der Waals surface area contributed by atoms with E-state index in [4.69, 9.17) is 4.74 Å². The van der Waals surface area contributed by atoms with Crippen LogP contribution in [0.1, 0.15) is 33.5 Å². The second-order valence-corrected chi connectivity index (χ2v) is 8.28. The lowest BCUT2D eigenvalue weighted by Crippen LogP contribution is -2.20. The molecule has 0 spiro atoms. The number of thioether (sulfide) groups is 1. The molecular formula is C19H21NO3S2. The molecule has 0 radical (unpaired) electrons. The molecule has 1 amide bonds. The average Bonchev–Trinajstić information content (AvgIpc) is 3.03. The van der Waals surface area contributed by atoms with Crippen molar-refractivity contribution in [2.24, 2.45) is 5.92 Å². The van der Waals surface area contributed by atoms with Crippen molar-refractivity contribution in [2.45, 2.75) is 31.1 Å². The quantitative estimate of drug-likeness (QED) is 0.622. The van der Waals surface area contributed by atoms with E-state index >= 15 is 0 Å². The van der Waals surface area contributed by atoms with Crippen molar-refractivity contribution in [3.05, 3.63) is 45.6 Å². The summed E-state index contributed by atoms with van der Waals surface area (Å²) in [4.78, 5) is 27.1. The summed E-state index contributed by atoms with van der Waals surface area (Å²) >= 11 is 3.10. The van der Waals surface area contributed by atoms with Crippen LogP contribution in [0.3, 0.4) is 0 Å². The molecule has 4 nitrogen and oxygen atoms in total. The van der Waals surface area contributed by atoms with Crippen molar-refractivity contribution >= 4 is 40.7 Å². The number of hydrogen-bond donors (Lipinski definition) is 1. The van der Waals surface area contributed by atoms with E-state index in [-0.39, 0.29) is 12.5 Å². The monoisotopic (exact) mass is 375 g/mol. The summed E-state index contributed by atoms with van der Waals surface area (Å²) in [6.07, 6.45) is 5.19. The number of benzene rings is 1. The van der Waals surface area contributed by atoms with Crippen LogP contribution >= 0.6 is 23.1 Å². The first-order valence-electron chi connectivity index (χ1n) is 8.27. The third-order valence-corrected chi connectivity index (χ3v) is 6.16. The number of ether oxygens (including phenoxy) is 1. The van der Waals surface area contributed by atoms with Crippen LogP contribution in [-0.4, -0.2) is 24.7 Å². The third-order valence-electron chi connectivity index (χ3n) is 4.22. The van der Waals surface area contributed by atoms with Crippen LogP contribution in [0, 0.1) is 5.92 Å². The van der Waals surface area contributed by atoms with Gasteiger partial charge in [-0.15, -0.1) is 23.1 Å². The zero-order chi connectivity index (χ0) is 17.8. The molecule has 132 valence electrons. The third kappa shape index (κ3) is 4.64. The molecule has 0 fully saturated rings. The second kappa shape index (κ2) is 8.06. The van der Waals surface area contributed by atoms with Crippen molar-refractivity contribution in [1.82, 2.24) is 0 Å². The maximum absolute atomic E-state index is 12.2. The molecule has 3 rings (SSSR count). The highest BCUT2D eigenvalue weighted by Crippen LogP contribution is 2.32. The SMILES string of the molecule is CSc1cccc(NC(=O)COC(=O)c2cc3c(s2)CC[C@@H](C)C3)c1. The first kappa shape index (κ1) is 18.0. The van der Waals surface area contributed by atoms with Crippen LogP contribution in [0.4, 0.5) is 5.69 Å². The van der Waals surface area contributed by atoms with Crippen molar-refractivity contribution in [1.29, 1.82) is 0 Å². The minimum atomic E-state index is -0.417. The molecule has 0 saturated heterocycles. The number of hydrogen-bond acceptors (Lipinski definition) is 5. The molecule has 6 heteroatoms. The number of amides is 1. The van der Waals surface area contributed by atoms with Crippen molar-refractivity contribution in [3.63, 3.8) is 0 Å². The van der Waals surface area contributed by atoms with E-state index in [1.165, 1.54) is 28.2 Å². The molecule has 0 saturated carbocycles. The molecule has 1 aliphatic rings. The van der Waals surface area contributed by atoms with Gasteiger partial charge in [0.1, 0.15) is 4.88 Å². The van der Waals surface area contributed by atoms with Crippen LogP contribution in [0.15, 0.2) is 35.2 Å². The number of carbonyl (C=O) groups is 2. The van der Waals surface area contributed by atoms with Gasteiger partial charge in [-0.2, -0.15) is 0 Å². The molecule has 0 bridgehead atoms. The topological polar surface area (TPSA) is 55.4 Å². The Labute approximate surface area is 156 Å². The van der Waals surface area contributed by atoms with Gasteiger partial charge in [-0.3, -0.25) is 4.79 Å². The Morgan fingerprint density at radius 2 is 2.20 bits per heavy atom. The Balaban J connectivity index is 1.54. The van der Waals surface area contributed by atoms with Gasteiger partial charge < -0.3 is 10.1 Å². The summed E-state index contributed by atoms with van der Waals surface area (Å²) < 4.78 is 5.18. The fourth-order valence-corrected chi connectivity index (χ4v) is 4.47. The first-order chi connectivity index (χ1) is 12.0. The van der Waals surface area contributed by atoms with Gasteiger partial charge in [0.05, 0.1) is 0 Å². The smallest absolute Gasteiger partial charge is 0.348 e. The highest BCUT2D eigenvalue weighted by molar-refractivity contribution is 7.98. The predicted molar refractivity (Wildman–Crippen MR) is 103 cm³/mol. The summed E-state index contributed by atoms with van der Waals surface area (Å²) in [5, 5.41) is 2.75. The van der Waals surface area contributed by atoms with E-state index in [1.54, 1.807) is 11.8 Å². The normalized spacial score (nSPS) is 16.2. The van der Waals surface area contributed by atoms with Gasteiger partial charge in [-0.05, 0) is 61.3 Å². The zero-order valence-corrected chi connectivity index (χ0v) is 16.0. The van der Waals surface area contributed by atoms with E-state index in [0.717, 1.165) is 17.7 Å². The Bertz CT molecular complexity index is 785. The fraction of sp³-hybridized carbons (Fsp3) is 0.368. The number of thiophene rings is 1. The maximum atomic E-state index is 12.2. The number of nitrogens with one attached hydrogen (secondary N) is 1. The maximum Gasteiger partial charge on any atom is 0.348 e. The van der Waals surface area contributed by atoms with Gasteiger partial charge in [0.2, 0.25) is 0 Å². The number of fused-ring (bicyclic) bond motifs is 1. The lowest BCUT2D eigenvalue weighted by molar-refractivity contribution is -0.119. The van der Waals surface area contributed by atoms with E-state index in [1.807, 2.05) is 36.6 Å². The molecule has 1 atom stereocenters. The van der Waals surface area contributed by atoms with Gasteiger partial charge in [-0.25, -0.2) is 4.79 Å². The fourth-order valence-electron chi connectivity index (χ4n) is 2.91. The molecule has 0 aliphatic heterocycles. The Morgan fingerprint density at radius 1 is 1.36 bits per heavy atom. The summed E-state index contributed by atoms with van der Waals surface area (Å²) in [7, 11) is 0. The standard InChI is InChI=1S/C19H21NO3S2/c1-12-6-7-16-13(8-12)9-17(25-16)19(22)23-11-18(21)20-14-4-3-5-15(10-14)24-2/h3-5,9-10,12H,6-8,11H2,1-2H3,(H,20,21)/t12-/m1/s1. The average molecular weight is 376 g/mol. The van der Waals surface area contributed by atoms with Gasteiger partial charge in [-0.1, -0.05) is 13.0 Å². The van der Waals surface area contributed by atoms with E-state index in [0.29, 0.717) is 16.5 Å². The minimum absolute atomic E-state index is 0.276. The second-order valence-electron chi connectivity index (χ2n) is 6.26. The zero-order valence-electron chi connectivity index (χ0n) is 14.3. The van der Waals surface area contributed by atoms with Crippen molar-refractivity contribution < 1.29 is 14.3 Å². The Kier molecular flexibility index (Phi) is 5.81. The largest absolute Gasteiger partial charge is 0.451 e. The number of anilines is 1. The summed E-state index contributed by atoms with van der Waals surface area (Å²) in [5.74, 6) is -0.0876. The Hall–Kier alpha value is -1.79. The van der Waals surface area contributed by atoms with Crippen LogP contribution in [0.25, 0.3) is 0 Å².